The van der Waals surface area contributed by atoms with E-state index >= 15 is 0 Å². The zero-order chi connectivity index (χ0) is 18.2. The number of amides is 3. The molecule has 2 aromatic carbocycles. The molecule has 0 saturated carbocycles. The minimum absolute atomic E-state index is 0.142. The Kier molecular flexibility index (Phi) is 6.39. The van der Waals surface area contributed by atoms with E-state index < -0.39 is 5.91 Å². The van der Waals surface area contributed by atoms with Crippen molar-refractivity contribution in [3.63, 3.8) is 0 Å². The maximum absolute atomic E-state index is 12.0. The van der Waals surface area contributed by atoms with Crippen molar-refractivity contribution in [2.75, 3.05) is 18.9 Å². The van der Waals surface area contributed by atoms with Crippen molar-refractivity contribution in [1.82, 2.24) is 4.90 Å². The minimum atomic E-state index is -0.504. The second kappa shape index (κ2) is 8.73. The Morgan fingerprint density at radius 2 is 1.84 bits per heavy atom. The molecule has 0 saturated heterocycles. The molecule has 0 unspecified atom stereocenters. The summed E-state index contributed by atoms with van der Waals surface area (Å²) in [6.07, 6.45) is 2.02. The lowest BCUT2D eigenvalue weighted by molar-refractivity contribution is 0.1000. The summed E-state index contributed by atoms with van der Waals surface area (Å²) >= 11 is 0. The average Bonchev–Trinajstić information content (AvgIpc) is 2.61. The molecule has 0 bridgehead atoms. The third-order valence-corrected chi connectivity index (χ3v) is 3.65. The summed E-state index contributed by atoms with van der Waals surface area (Å²) in [6.45, 7) is 2.81. The number of hydrogen-bond donors (Lipinski definition) is 2. The third kappa shape index (κ3) is 5.53. The molecule has 3 amide bonds. The summed E-state index contributed by atoms with van der Waals surface area (Å²) in [5.41, 5.74) is 6.33. The lowest BCUT2D eigenvalue weighted by Gasteiger charge is -2.17. The number of carbonyl (C=O) groups excluding carboxylic acids is 2. The fraction of sp³-hybridized carbons (Fsp3) is 0.263. The number of ether oxygens (including phenoxy) is 1. The number of primary amides is 1. The van der Waals surface area contributed by atoms with Crippen molar-refractivity contribution in [2.45, 2.75) is 19.8 Å². The van der Waals surface area contributed by atoms with Gasteiger partial charge in [0.05, 0.1) is 0 Å². The molecule has 2 aromatic rings. The fourth-order valence-corrected chi connectivity index (χ4v) is 2.17. The smallest absolute Gasteiger partial charge is 0.321 e. The Bertz CT molecular complexity index is 729. The van der Waals surface area contributed by atoms with Gasteiger partial charge >= 0.3 is 6.03 Å². The lowest BCUT2D eigenvalue weighted by atomic mass is 10.2. The molecule has 0 aliphatic carbocycles. The van der Waals surface area contributed by atoms with Crippen molar-refractivity contribution in [2.24, 2.45) is 5.73 Å². The summed E-state index contributed by atoms with van der Waals surface area (Å²) in [5.74, 6) is 0.613. The van der Waals surface area contributed by atoms with Crippen molar-refractivity contribution in [1.29, 1.82) is 0 Å². The second-order valence-electron chi connectivity index (χ2n) is 5.72. The van der Waals surface area contributed by atoms with E-state index in [4.69, 9.17) is 10.5 Å². The van der Waals surface area contributed by atoms with Crippen LogP contribution in [0.25, 0.3) is 0 Å². The largest absolute Gasteiger partial charge is 0.457 e. The summed E-state index contributed by atoms with van der Waals surface area (Å²) in [4.78, 5) is 24.9. The predicted molar refractivity (Wildman–Crippen MR) is 98.0 cm³/mol. The first-order chi connectivity index (χ1) is 12.0. The van der Waals surface area contributed by atoms with Gasteiger partial charge in [0, 0.05) is 24.8 Å². The van der Waals surface area contributed by atoms with Gasteiger partial charge in [-0.3, -0.25) is 4.79 Å². The van der Waals surface area contributed by atoms with Gasteiger partial charge in [0.2, 0.25) is 5.91 Å². The summed E-state index contributed by atoms with van der Waals surface area (Å²) in [5, 5.41) is 2.84. The Balaban J connectivity index is 1.97. The van der Waals surface area contributed by atoms with E-state index in [0.29, 0.717) is 22.7 Å². The number of urea groups is 1. The first kappa shape index (κ1) is 18.3. The molecular weight excluding hydrogens is 318 g/mol. The van der Waals surface area contributed by atoms with Crippen LogP contribution in [0.15, 0.2) is 48.5 Å². The van der Waals surface area contributed by atoms with Crippen LogP contribution in [0.4, 0.5) is 10.5 Å². The molecular formula is C19H23N3O3. The van der Waals surface area contributed by atoms with Gasteiger partial charge in [-0.2, -0.15) is 0 Å². The molecule has 0 atom stereocenters. The van der Waals surface area contributed by atoms with Crippen LogP contribution in [-0.2, 0) is 0 Å². The number of nitrogens with two attached hydrogens (primary N) is 1. The van der Waals surface area contributed by atoms with E-state index in [0.717, 1.165) is 19.4 Å². The number of nitrogens with zero attached hydrogens (tertiary/aromatic N) is 1. The molecule has 6 nitrogen and oxygen atoms in total. The molecule has 25 heavy (non-hydrogen) atoms. The standard InChI is InChI=1S/C19H23N3O3/c1-3-4-12-22(2)19(24)21-15-8-10-16(11-9-15)25-17-7-5-6-14(13-17)18(20)23/h5-11,13H,3-4,12H2,1-2H3,(H2,20,23)(H,21,24). The third-order valence-electron chi connectivity index (χ3n) is 3.65. The van der Waals surface area contributed by atoms with E-state index in [1.807, 2.05) is 0 Å². The quantitative estimate of drug-likeness (QED) is 0.802. The van der Waals surface area contributed by atoms with Crippen molar-refractivity contribution >= 4 is 17.6 Å². The Morgan fingerprint density at radius 1 is 1.12 bits per heavy atom. The van der Waals surface area contributed by atoms with Gasteiger partial charge in [-0.1, -0.05) is 19.4 Å². The zero-order valence-corrected chi connectivity index (χ0v) is 14.5. The number of rotatable bonds is 7. The van der Waals surface area contributed by atoms with E-state index in [2.05, 4.69) is 12.2 Å². The molecule has 6 heteroatoms. The minimum Gasteiger partial charge on any atom is -0.457 e. The number of benzene rings is 2. The van der Waals surface area contributed by atoms with Crippen LogP contribution in [0.2, 0.25) is 0 Å². The normalized spacial score (nSPS) is 10.2. The number of nitrogens with one attached hydrogen (secondary N) is 1. The van der Waals surface area contributed by atoms with Gasteiger partial charge in [-0.05, 0) is 48.9 Å². The maximum Gasteiger partial charge on any atom is 0.321 e. The van der Waals surface area contributed by atoms with Crippen molar-refractivity contribution in [3.05, 3.63) is 54.1 Å². The van der Waals surface area contributed by atoms with Gasteiger partial charge in [0.1, 0.15) is 11.5 Å². The Labute approximate surface area is 147 Å². The van der Waals surface area contributed by atoms with Crippen LogP contribution < -0.4 is 15.8 Å². The monoisotopic (exact) mass is 341 g/mol. The predicted octanol–water partition coefficient (Wildman–Crippen LogP) is 3.84. The Hall–Kier alpha value is -3.02. The highest BCUT2D eigenvalue weighted by atomic mass is 16.5. The van der Waals surface area contributed by atoms with Crippen LogP contribution >= 0.6 is 0 Å². The van der Waals surface area contributed by atoms with Gasteiger partial charge in [-0.15, -0.1) is 0 Å². The van der Waals surface area contributed by atoms with E-state index in [9.17, 15) is 9.59 Å². The highest BCUT2D eigenvalue weighted by Crippen LogP contribution is 2.24. The molecule has 3 N–H and O–H groups in total. The van der Waals surface area contributed by atoms with E-state index in [1.165, 1.54) is 0 Å². The average molecular weight is 341 g/mol. The SMILES string of the molecule is CCCCN(C)C(=O)Nc1ccc(Oc2cccc(C(N)=O)c2)cc1. The molecule has 0 aliphatic rings. The maximum atomic E-state index is 12.0. The molecule has 0 heterocycles. The first-order valence-electron chi connectivity index (χ1n) is 8.19. The van der Waals surface area contributed by atoms with Crippen molar-refractivity contribution in [3.8, 4) is 11.5 Å². The fourth-order valence-electron chi connectivity index (χ4n) is 2.17. The van der Waals surface area contributed by atoms with Gasteiger partial charge in [0.15, 0.2) is 0 Å². The first-order valence-corrected chi connectivity index (χ1v) is 8.19. The van der Waals surface area contributed by atoms with Crippen LogP contribution in [0.1, 0.15) is 30.1 Å². The van der Waals surface area contributed by atoms with Crippen LogP contribution in [0, 0.1) is 0 Å². The Morgan fingerprint density at radius 3 is 2.48 bits per heavy atom. The number of unbranched alkanes of at least 4 members (excludes halogenated alkanes) is 1. The van der Waals surface area contributed by atoms with Gasteiger partial charge in [0.25, 0.3) is 0 Å². The molecule has 0 spiro atoms. The van der Waals surface area contributed by atoms with Gasteiger partial charge in [-0.25, -0.2) is 4.79 Å². The zero-order valence-electron chi connectivity index (χ0n) is 14.5. The summed E-state index contributed by atoms with van der Waals surface area (Å²) in [6, 6.07) is 13.5. The van der Waals surface area contributed by atoms with E-state index in [-0.39, 0.29) is 6.03 Å². The van der Waals surface area contributed by atoms with Crippen molar-refractivity contribution < 1.29 is 14.3 Å². The number of carbonyl (C=O) groups is 2. The van der Waals surface area contributed by atoms with Gasteiger partial charge < -0.3 is 20.7 Å². The lowest BCUT2D eigenvalue weighted by Crippen LogP contribution is -2.32. The van der Waals surface area contributed by atoms with Crippen LogP contribution in [0.3, 0.4) is 0 Å². The topological polar surface area (TPSA) is 84.7 Å². The molecule has 0 fully saturated rings. The number of anilines is 1. The highest BCUT2D eigenvalue weighted by molar-refractivity contribution is 5.93. The highest BCUT2D eigenvalue weighted by Gasteiger charge is 2.08. The summed E-state index contributed by atoms with van der Waals surface area (Å²) in [7, 11) is 1.77. The molecule has 0 aromatic heterocycles. The van der Waals surface area contributed by atoms with E-state index in [1.54, 1.807) is 60.5 Å². The van der Waals surface area contributed by atoms with Crippen LogP contribution in [-0.4, -0.2) is 30.4 Å². The molecule has 0 aliphatic heterocycles. The number of hydrogen-bond acceptors (Lipinski definition) is 3. The molecule has 132 valence electrons. The molecule has 2 rings (SSSR count). The summed E-state index contributed by atoms with van der Waals surface area (Å²) < 4.78 is 5.70. The van der Waals surface area contributed by atoms with Crippen LogP contribution in [0.5, 0.6) is 11.5 Å². The second-order valence-corrected chi connectivity index (χ2v) is 5.72. The molecule has 0 radical (unpaired) electrons.